The molecule has 72 valence electrons. The number of carbonyl (C=O) groups excluding carboxylic acids is 1. The number of hydrogen-bond donors (Lipinski definition) is 0. The second-order valence-corrected chi connectivity index (χ2v) is 10.2. The fourth-order valence-corrected chi connectivity index (χ4v) is 3.57. The van der Waals surface area contributed by atoms with Crippen molar-refractivity contribution in [1.82, 2.24) is 0 Å². The Morgan fingerprint density at radius 2 is 1.92 bits per heavy atom. The monoisotopic (exact) mass is 188 g/mol. The van der Waals surface area contributed by atoms with Crippen LogP contribution < -0.4 is 0 Å². The number of carbonyl (C=O) groups is 1. The average molecular weight is 188 g/mol. The van der Waals surface area contributed by atoms with Gasteiger partial charge in [0.05, 0.1) is 6.61 Å². The molecule has 0 fully saturated rings. The van der Waals surface area contributed by atoms with Crippen molar-refractivity contribution in [2.24, 2.45) is 5.92 Å². The Kier molecular flexibility index (Phi) is 4.53. The molecule has 0 N–H and O–H groups in total. The second kappa shape index (κ2) is 4.65. The quantitative estimate of drug-likeness (QED) is 0.500. The molecule has 1 atom stereocenters. The van der Waals surface area contributed by atoms with E-state index >= 15 is 0 Å². The Morgan fingerprint density at radius 1 is 1.42 bits per heavy atom. The van der Waals surface area contributed by atoms with Crippen molar-refractivity contribution in [2.75, 3.05) is 6.61 Å². The van der Waals surface area contributed by atoms with Crippen LogP contribution in [0.25, 0.3) is 0 Å². The van der Waals surface area contributed by atoms with Gasteiger partial charge in [-0.15, -0.1) is 0 Å². The maximum atomic E-state index is 10.5. The Hall–Kier alpha value is -0.313. The molecule has 0 bridgehead atoms. The molecule has 0 aliphatic carbocycles. The number of esters is 1. The lowest BCUT2D eigenvalue weighted by Gasteiger charge is -2.20. The molecule has 12 heavy (non-hydrogen) atoms. The first kappa shape index (κ1) is 11.7. The number of rotatable bonds is 4. The van der Waals surface area contributed by atoms with Crippen LogP contribution in [0, 0.1) is 5.92 Å². The van der Waals surface area contributed by atoms with Crippen molar-refractivity contribution in [3.8, 4) is 0 Å². The Balaban J connectivity index is 3.60. The highest BCUT2D eigenvalue weighted by atomic mass is 28.3. The molecule has 0 spiro atoms. The van der Waals surface area contributed by atoms with Crippen LogP contribution in [0.5, 0.6) is 0 Å². The fourth-order valence-electron chi connectivity index (χ4n) is 1.36. The number of ether oxygens (including phenoxy) is 1. The summed E-state index contributed by atoms with van der Waals surface area (Å²) in [6, 6.07) is 1.22. The van der Waals surface area contributed by atoms with Crippen LogP contribution in [0.1, 0.15) is 13.8 Å². The molecule has 0 saturated heterocycles. The van der Waals surface area contributed by atoms with Crippen molar-refractivity contribution in [3.05, 3.63) is 0 Å². The molecule has 0 amide bonds. The van der Waals surface area contributed by atoms with Crippen LogP contribution in [0.4, 0.5) is 0 Å². The van der Waals surface area contributed by atoms with Gasteiger partial charge in [0.15, 0.2) is 0 Å². The zero-order valence-electron chi connectivity index (χ0n) is 8.81. The summed E-state index contributed by atoms with van der Waals surface area (Å²) in [6.45, 7) is 11.2. The van der Waals surface area contributed by atoms with Gasteiger partial charge < -0.3 is 4.74 Å². The third-order valence-corrected chi connectivity index (χ3v) is 3.45. The zero-order chi connectivity index (χ0) is 9.78. The minimum atomic E-state index is -0.984. The molecule has 3 heteroatoms. The van der Waals surface area contributed by atoms with E-state index in [2.05, 4.69) is 26.6 Å². The SMILES string of the molecule is CC(=O)OCC(C)C[Si](C)(C)C. The summed E-state index contributed by atoms with van der Waals surface area (Å²) in [5.74, 6) is 0.345. The number of hydrogen-bond acceptors (Lipinski definition) is 2. The molecule has 2 nitrogen and oxygen atoms in total. The molecule has 0 aromatic carbocycles. The van der Waals surface area contributed by atoms with E-state index in [1.54, 1.807) is 0 Å². The van der Waals surface area contributed by atoms with E-state index in [1.165, 1.54) is 13.0 Å². The molecule has 0 saturated carbocycles. The highest BCUT2D eigenvalue weighted by Gasteiger charge is 2.17. The molecule has 0 aromatic rings. The largest absolute Gasteiger partial charge is 0.466 e. The first-order valence-electron chi connectivity index (χ1n) is 4.44. The third-order valence-electron chi connectivity index (χ3n) is 1.53. The maximum absolute atomic E-state index is 10.5. The molecule has 0 rings (SSSR count). The summed E-state index contributed by atoms with van der Waals surface area (Å²) >= 11 is 0. The third kappa shape index (κ3) is 7.79. The Labute approximate surface area is 76.3 Å². The molecule has 0 aromatic heterocycles. The van der Waals surface area contributed by atoms with Crippen LogP contribution in [-0.2, 0) is 9.53 Å². The Morgan fingerprint density at radius 3 is 2.25 bits per heavy atom. The summed E-state index contributed by atoms with van der Waals surface area (Å²) in [5.41, 5.74) is 0. The lowest BCUT2D eigenvalue weighted by atomic mass is 10.2. The van der Waals surface area contributed by atoms with E-state index in [0.29, 0.717) is 12.5 Å². The van der Waals surface area contributed by atoms with Gasteiger partial charge in [-0.2, -0.15) is 0 Å². The van der Waals surface area contributed by atoms with Gasteiger partial charge >= 0.3 is 5.97 Å². The predicted octanol–water partition coefficient (Wildman–Crippen LogP) is 2.52. The Bertz CT molecular complexity index is 149. The zero-order valence-corrected chi connectivity index (χ0v) is 9.81. The van der Waals surface area contributed by atoms with Gasteiger partial charge in [0.2, 0.25) is 0 Å². The van der Waals surface area contributed by atoms with E-state index in [-0.39, 0.29) is 5.97 Å². The second-order valence-electron chi connectivity index (χ2n) is 4.67. The van der Waals surface area contributed by atoms with Crippen molar-refractivity contribution >= 4 is 14.0 Å². The molecule has 1 unspecified atom stereocenters. The normalized spacial score (nSPS) is 14.1. The minimum absolute atomic E-state index is 0.169. The summed E-state index contributed by atoms with van der Waals surface area (Å²) in [7, 11) is -0.984. The highest BCUT2D eigenvalue weighted by molar-refractivity contribution is 6.76. The summed E-state index contributed by atoms with van der Waals surface area (Å²) in [4.78, 5) is 10.5. The molecular formula is C9H20O2Si. The average Bonchev–Trinajstić information content (AvgIpc) is 1.79. The smallest absolute Gasteiger partial charge is 0.302 e. The maximum Gasteiger partial charge on any atom is 0.302 e. The summed E-state index contributed by atoms with van der Waals surface area (Å²) in [5, 5.41) is 0. The van der Waals surface area contributed by atoms with E-state index in [4.69, 9.17) is 4.74 Å². The first-order chi connectivity index (χ1) is 5.31. The lowest BCUT2D eigenvalue weighted by molar-refractivity contribution is -0.141. The minimum Gasteiger partial charge on any atom is -0.466 e. The lowest BCUT2D eigenvalue weighted by Crippen LogP contribution is -2.25. The molecular weight excluding hydrogens is 168 g/mol. The fraction of sp³-hybridized carbons (Fsp3) is 0.889. The van der Waals surface area contributed by atoms with Gasteiger partial charge in [-0.25, -0.2) is 0 Å². The van der Waals surface area contributed by atoms with Crippen LogP contribution >= 0.6 is 0 Å². The van der Waals surface area contributed by atoms with E-state index in [9.17, 15) is 4.79 Å². The standard InChI is InChI=1S/C9H20O2Si/c1-8(6-11-9(2)10)7-12(3,4)5/h8H,6-7H2,1-5H3. The van der Waals surface area contributed by atoms with Crippen molar-refractivity contribution in [1.29, 1.82) is 0 Å². The van der Waals surface area contributed by atoms with Gasteiger partial charge in [0.1, 0.15) is 0 Å². The molecule has 0 radical (unpaired) electrons. The van der Waals surface area contributed by atoms with E-state index < -0.39 is 8.07 Å². The summed E-state index contributed by atoms with van der Waals surface area (Å²) < 4.78 is 4.93. The first-order valence-corrected chi connectivity index (χ1v) is 8.15. The van der Waals surface area contributed by atoms with E-state index in [0.717, 1.165) is 0 Å². The predicted molar refractivity (Wildman–Crippen MR) is 54.0 cm³/mol. The van der Waals surface area contributed by atoms with Gasteiger partial charge in [-0.05, 0) is 5.92 Å². The topological polar surface area (TPSA) is 26.3 Å². The highest BCUT2D eigenvalue weighted by Crippen LogP contribution is 2.16. The molecule has 0 aliphatic rings. The van der Waals surface area contributed by atoms with Crippen LogP contribution in [0.3, 0.4) is 0 Å². The van der Waals surface area contributed by atoms with E-state index in [1.807, 2.05) is 0 Å². The summed E-state index contributed by atoms with van der Waals surface area (Å²) in [6.07, 6.45) is 0. The van der Waals surface area contributed by atoms with Crippen LogP contribution in [-0.4, -0.2) is 20.7 Å². The van der Waals surface area contributed by atoms with Crippen molar-refractivity contribution in [3.63, 3.8) is 0 Å². The van der Waals surface area contributed by atoms with Gasteiger partial charge in [0.25, 0.3) is 0 Å². The molecule has 0 aliphatic heterocycles. The van der Waals surface area contributed by atoms with Crippen molar-refractivity contribution < 1.29 is 9.53 Å². The van der Waals surface area contributed by atoms with Gasteiger partial charge in [-0.1, -0.05) is 32.6 Å². The van der Waals surface area contributed by atoms with Gasteiger partial charge in [-0.3, -0.25) is 4.79 Å². The van der Waals surface area contributed by atoms with Crippen LogP contribution in [0.15, 0.2) is 0 Å². The van der Waals surface area contributed by atoms with Crippen LogP contribution in [0.2, 0.25) is 25.7 Å². The molecule has 0 heterocycles. The van der Waals surface area contributed by atoms with Gasteiger partial charge in [0, 0.05) is 15.0 Å². The van der Waals surface area contributed by atoms with Crippen molar-refractivity contribution in [2.45, 2.75) is 39.5 Å².